The second-order valence-electron chi connectivity index (χ2n) is 3.54. The van der Waals surface area contributed by atoms with Crippen LogP contribution in [0, 0.1) is 11.8 Å². The van der Waals surface area contributed by atoms with Gasteiger partial charge in [0.05, 0.1) is 26.1 Å². The summed E-state index contributed by atoms with van der Waals surface area (Å²) in [6.45, 7) is 0. The van der Waals surface area contributed by atoms with E-state index in [0.717, 1.165) is 0 Å². The smallest absolute Gasteiger partial charge is 0.309 e. The molecular weight excluding hydrogens is 200 g/mol. The van der Waals surface area contributed by atoms with Crippen LogP contribution in [0.15, 0.2) is 0 Å². The first-order chi connectivity index (χ1) is 7.10. The molecule has 1 saturated carbocycles. The summed E-state index contributed by atoms with van der Waals surface area (Å²) in [5.41, 5.74) is 0. The van der Waals surface area contributed by atoms with Crippen LogP contribution in [0.1, 0.15) is 19.3 Å². The van der Waals surface area contributed by atoms with Crippen molar-refractivity contribution in [3.8, 4) is 0 Å². The number of Topliss-reactive ketones (excluding diaryl/α,β-unsaturated/α-hetero) is 1. The minimum atomic E-state index is -0.677. The normalized spacial score (nSPS) is 25.9. The zero-order valence-corrected chi connectivity index (χ0v) is 8.82. The van der Waals surface area contributed by atoms with Crippen LogP contribution in [-0.4, -0.2) is 31.9 Å². The van der Waals surface area contributed by atoms with Crippen molar-refractivity contribution in [1.82, 2.24) is 0 Å². The Bertz CT molecular complexity index is 284. The summed E-state index contributed by atoms with van der Waals surface area (Å²) in [5, 5.41) is 0. The molecule has 84 valence electrons. The first kappa shape index (κ1) is 11.7. The van der Waals surface area contributed by atoms with Gasteiger partial charge in [-0.2, -0.15) is 0 Å². The van der Waals surface area contributed by atoms with Crippen LogP contribution >= 0.6 is 0 Å². The van der Waals surface area contributed by atoms with Crippen molar-refractivity contribution >= 4 is 17.7 Å². The molecule has 0 saturated heterocycles. The molecule has 0 amide bonds. The highest BCUT2D eigenvalue weighted by molar-refractivity contribution is 5.90. The summed E-state index contributed by atoms with van der Waals surface area (Å²) >= 11 is 0. The third kappa shape index (κ3) is 2.55. The molecule has 1 rings (SSSR count). The van der Waals surface area contributed by atoms with E-state index in [0.29, 0.717) is 12.8 Å². The quantitative estimate of drug-likeness (QED) is 0.619. The summed E-state index contributed by atoms with van der Waals surface area (Å²) in [5.74, 6) is -2.19. The number of carbonyl (C=O) groups is 3. The lowest BCUT2D eigenvalue weighted by Crippen LogP contribution is -2.37. The fraction of sp³-hybridized carbons (Fsp3) is 0.700. The number of carbonyl (C=O) groups excluding carboxylic acids is 3. The van der Waals surface area contributed by atoms with Gasteiger partial charge in [-0.05, 0) is 6.42 Å². The molecular formula is C10H14O5. The van der Waals surface area contributed by atoms with E-state index in [9.17, 15) is 14.4 Å². The van der Waals surface area contributed by atoms with Gasteiger partial charge in [-0.1, -0.05) is 0 Å². The summed E-state index contributed by atoms with van der Waals surface area (Å²) in [6, 6.07) is 0. The SMILES string of the molecule is COC(=O)[C@H]1CC(=O)CC[C@H]1C(=O)OC. The van der Waals surface area contributed by atoms with Crippen LogP contribution in [0.5, 0.6) is 0 Å². The Hall–Kier alpha value is -1.39. The highest BCUT2D eigenvalue weighted by Gasteiger charge is 2.40. The second kappa shape index (κ2) is 4.91. The van der Waals surface area contributed by atoms with E-state index in [2.05, 4.69) is 9.47 Å². The highest BCUT2D eigenvalue weighted by atomic mass is 16.5. The summed E-state index contributed by atoms with van der Waals surface area (Å²) in [6.07, 6.45) is 0.769. The van der Waals surface area contributed by atoms with E-state index in [4.69, 9.17) is 0 Å². The largest absolute Gasteiger partial charge is 0.469 e. The van der Waals surface area contributed by atoms with Gasteiger partial charge in [-0.25, -0.2) is 0 Å². The Balaban J connectivity index is 2.79. The Morgan fingerprint density at radius 3 is 2.20 bits per heavy atom. The number of hydrogen-bond acceptors (Lipinski definition) is 5. The molecule has 0 N–H and O–H groups in total. The van der Waals surface area contributed by atoms with Crippen LogP contribution in [0.4, 0.5) is 0 Å². The van der Waals surface area contributed by atoms with Crippen molar-refractivity contribution in [2.75, 3.05) is 14.2 Å². The lowest BCUT2D eigenvalue weighted by Gasteiger charge is -2.26. The molecule has 0 aromatic carbocycles. The molecule has 0 heterocycles. The maximum absolute atomic E-state index is 11.4. The molecule has 2 atom stereocenters. The van der Waals surface area contributed by atoms with E-state index in [1.165, 1.54) is 14.2 Å². The zero-order chi connectivity index (χ0) is 11.4. The summed E-state index contributed by atoms with van der Waals surface area (Å²) < 4.78 is 9.16. The summed E-state index contributed by atoms with van der Waals surface area (Å²) in [4.78, 5) is 33.9. The molecule has 5 heteroatoms. The second-order valence-corrected chi connectivity index (χ2v) is 3.54. The van der Waals surface area contributed by atoms with Crippen LogP contribution < -0.4 is 0 Å². The summed E-state index contributed by atoms with van der Waals surface area (Å²) in [7, 11) is 2.52. The van der Waals surface area contributed by atoms with Crippen molar-refractivity contribution in [2.24, 2.45) is 11.8 Å². The van der Waals surface area contributed by atoms with E-state index in [1.54, 1.807) is 0 Å². The van der Waals surface area contributed by atoms with Crippen molar-refractivity contribution in [1.29, 1.82) is 0 Å². The molecule has 1 aliphatic carbocycles. The lowest BCUT2D eigenvalue weighted by molar-refractivity contribution is -0.160. The van der Waals surface area contributed by atoms with Crippen LogP contribution in [0.2, 0.25) is 0 Å². The van der Waals surface area contributed by atoms with E-state index < -0.39 is 23.8 Å². The van der Waals surface area contributed by atoms with Crippen LogP contribution in [-0.2, 0) is 23.9 Å². The fourth-order valence-corrected chi connectivity index (χ4v) is 1.84. The van der Waals surface area contributed by atoms with Gasteiger partial charge in [-0.3, -0.25) is 14.4 Å². The van der Waals surface area contributed by atoms with Gasteiger partial charge in [0.15, 0.2) is 0 Å². The first-order valence-electron chi connectivity index (χ1n) is 4.77. The van der Waals surface area contributed by atoms with E-state index >= 15 is 0 Å². The molecule has 0 aromatic rings. The number of rotatable bonds is 2. The molecule has 0 aliphatic heterocycles. The van der Waals surface area contributed by atoms with Crippen molar-refractivity contribution in [2.45, 2.75) is 19.3 Å². The third-order valence-electron chi connectivity index (χ3n) is 2.68. The van der Waals surface area contributed by atoms with E-state index in [-0.39, 0.29) is 12.2 Å². The lowest BCUT2D eigenvalue weighted by atomic mass is 9.78. The number of ether oxygens (including phenoxy) is 2. The van der Waals surface area contributed by atoms with Gasteiger partial charge >= 0.3 is 11.9 Å². The first-order valence-corrected chi connectivity index (χ1v) is 4.77. The Morgan fingerprint density at radius 2 is 1.67 bits per heavy atom. The van der Waals surface area contributed by atoms with Gasteiger partial charge in [0.1, 0.15) is 5.78 Å². The number of ketones is 1. The average molecular weight is 214 g/mol. The standard InChI is InChI=1S/C10H14O5/c1-14-9(12)7-4-3-6(11)5-8(7)10(13)15-2/h7-8H,3-5H2,1-2H3/t7-,8+/m1/s1. The van der Waals surface area contributed by atoms with Crippen molar-refractivity contribution < 1.29 is 23.9 Å². The molecule has 1 aliphatic rings. The Labute approximate surface area is 87.7 Å². The number of hydrogen-bond donors (Lipinski definition) is 0. The third-order valence-corrected chi connectivity index (χ3v) is 2.68. The Kier molecular flexibility index (Phi) is 3.82. The minimum Gasteiger partial charge on any atom is -0.469 e. The van der Waals surface area contributed by atoms with Crippen molar-refractivity contribution in [3.63, 3.8) is 0 Å². The minimum absolute atomic E-state index is 0.00875. The molecule has 0 aromatic heterocycles. The molecule has 0 unspecified atom stereocenters. The topological polar surface area (TPSA) is 69.7 Å². The molecule has 15 heavy (non-hydrogen) atoms. The predicted octanol–water partition coefficient (Wildman–Crippen LogP) is 0.318. The highest BCUT2D eigenvalue weighted by Crippen LogP contribution is 2.29. The average Bonchev–Trinajstić information content (AvgIpc) is 2.26. The number of methoxy groups -OCH3 is 2. The van der Waals surface area contributed by atoms with Gasteiger partial charge in [0, 0.05) is 12.8 Å². The predicted molar refractivity (Wildman–Crippen MR) is 49.9 cm³/mol. The number of esters is 2. The maximum Gasteiger partial charge on any atom is 0.309 e. The molecule has 1 fully saturated rings. The molecule has 5 nitrogen and oxygen atoms in total. The monoisotopic (exact) mass is 214 g/mol. The van der Waals surface area contributed by atoms with Gasteiger partial charge in [0.2, 0.25) is 0 Å². The molecule has 0 spiro atoms. The van der Waals surface area contributed by atoms with Crippen molar-refractivity contribution in [3.05, 3.63) is 0 Å². The maximum atomic E-state index is 11.4. The van der Waals surface area contributed by atoms with Gasteiger partial charge < -0.3 is 9.47 Å². The van der Waals surface area contributed by atoms with Crippen LogP contribution in [0.3, 0.4) is 0 Å². The van der Waals surface area contributed by atoms with Gasteiger partial charge in [0.25, 0.3) is 0 Å². The Morgan fingerprint density at radius 1 is 1.13 bits per heavy atom. The van der Waals surface area contributed by atoms with E-state index in [1.807, 2.05) is 0 Å². The zero-order valence-electron chi connectivity index (χ0n) is 8.82. The van der Waals surface area contributed by atoms with Crippen LogP contribution in [0.25, 0.3) is 0 Å². The molecule has 0 bridgehead atoms. The molecule has 0 radical (unpaired) electrons. The van der Waals surface area contributed by atoms with Gasteiger partial charge in [-0.15, -0.1) is 0 Å². The fourth-order valence-electron chi connectivity index (χ4n) is 1.84.